The van der Waals surface area contributed by atoms with Gasteiger partial charge in [0.25, 0.3) is 0 Å². The van der Waals surface area contributed by atoms with Crippen LogP contribution in [0.15, 0.2) is 18.2 Å². The highest BCUT2D eigenvalue weighted by molar-refractivity contribution is 6.00. The van der Waals surface area contributed by atoms with Crippen LogP contribution < -0.4 is 0 Å². The molecule has 2 aromatic rings. The molecule has 1 aliphatic carbocycles. The molecule has 0 aliphatic heterocycles. The maximum atomic E-state index is 12.1. The van der Waals surface area contributed by atoms with Crippen molar-refractivity contribution < 1.29 is 4.79 Å². The fourth-order valence-electron chi connectivity index (χ4n) is 2.29. The largest absolute Gasteiger partial charge is 0.342 e. The molecule has 0 radical (unpaired) electrons. The predicted octanol–water partition coefficient (Wildman–Crippen LogP) is 3.11. The Hall–Kier alpha value is -1.64. The number of aromatic nitrogens is 2. The molecule has 1 saturated carbocycles. The van der Waals surface area contributed by atoms with Gasteiger partial charge in [-0.15, -0.1) is 0 Å². The number of hydrogen-bond acceptors (Lipinski definition) is 2. The number of rotatable bonds is 3. The number of aromatic amines is 1. The van der Waals surface area contributed by atoms with Crippen molar-refractivity contribution >= 4 is 16.8 Å². The summed E-state index contributed by atoms with van der Waals surface area (Å²) in [5.41, 5.74) is 2.76. The monoisotopic (exact) mass is 228 g/mol. The maximum Gasteiger partial charge on any atom is 0.166 e. The fraction of sp³-hybridized carbons (Fsp3) is 0.429. The average molecular weight is 228 g/mol. The summed E-state index contributed by atoms with van der Waals surface area (Å²) < 4.78 is 0. The molecule has 88 valence electrons. The van der Waals surface area contributed by atoms with E-state index in [1.807, 2.05) is 18.2 Å². The van der Waals surface area contributed by atoms with E-state index in [0.29, 0.717) is 5.78 Å². The normalized spacial score (nSPS) is 16.1. The number of hydrogen-bond donors (Lipinski definition) is 1. The lowest BCUT2D eigenvalue weighted by Gasteiger charge is -2.23. The first-order valence-corrected chi connectivity index (χ1v) is 6.31. The highest BCUT2D eigenvalue weighted by Gasteiger charge is 2.26. The van der Waals surface area contributed by atoms with E-state index in [9.17, 15) is 4.79 Å². The second-order valence-corrected chi connectivity index (χ2v) is 4.76. The molecule has 1 heterocycles. The van der Waals surface area contributed by atoms with Gasteiger partial charge >= 0.3 is 0 Å². The molecular weight excluding hydrogens is 212 g/mol. The third-order valence-corrected chi connectivity index (χ3v) is 3.63. The molecule has 0 spiro atoms. The molecule has 1 aromatic heterocycles. The van der Waals surface area contributed by atoms with Crippen LogP contribution in [0.3, 0.4) is 0 Å². The number of nitrogens with one attached hydrogen (secondary N) is 1. The quantitative estimate of drug-likeness (QED) is 0.820. The third-order valence-electron chi connectivity index (χ3n) is 3.63. The van der Waals surface area contributed by atoms with E-state index < -0.39 is 0 Å². The lowest BCUT2D eigenvalue weighted by Crippen LogP contribution is -2.21. The summed E-state index contributed by atoms with van der Waals surface area (Å²) in [6.07, 6.45) is 4.20. The Morgan fingerprint density at radius 1 is 1.47 bits per heavy atom. The van der Waals surface area contributed by atoms with Crippen LogP contribution >= 0.6 is 0 Å². The first-order valence-electron chi connectivity index (χ1n) is 6.31. The molecule has 3 nitrogen and oxygen atoms in total. The topological polar surface area (TPSA) is 45.8 Å². The minimum atomic E-state index is 0.265. The molecule has 1 fully saturated rings. The number of ketones is 1. The summed E-state index contributed by atoms with van der Waals surface area (Å²) in [6, 6.07) is 5.79. The molecule has 17 heavy (non-hydrogen) atoms. The molecule has 3 rings (SSSR count). The van der Waals surface area contributed by atoms with Crippen LogP contribution in [-0.4, -0.2) is 15.8 Å². The summed E-state index contributed by atoms with van der Waals surface area (Å²) in [4.78, 5) is 19.8. The first-order chi connectivity index (χ1) is 8.28. The fourth-order valence-corrected chi connectivity index (χ4v) is 2.29. The molecule has 0 unspecified atom stereocenters. The Bertz CT molecular complexity index is 567. The van der Waals surface area contributed by atoms with Crippen LogP contribution in [0.1, 0.15) is 42.4 Å². The molecule has 1 aromatic carbocycles. The lowest BCUT2D eigenvalue weighted by molar-refractivity contribution is 0.0855. The van der Waals surface area contributed by atoms with Crippen molar-refractivity contribution in [3.8, 4) is 0 Å². The van der Waals surface area contributed by atoms with Crippen molar-refractivity contribution in [1.29, 1.82) is 0 Å². The maximum absolute atomic E-state index is 12.1. The number of carbonyl (C=O) groups excluding carboxylic acids is 1. The summed E-state index contributed by atoms with van der Waals surface area (Å²) >= 11 is 0. The molecule has 1 aliphatic rings. The van der Waals surface area contributed by atoms with Crippen LogP contribution in [0.25, 0.3) is 11.0 Å². The number of carbonyl (C=O) groups is 1. The van der Waals surface area contributed by atoms with Gasteiger partial charge in [0, 0.05) is 17.9 Å². The Balaban J connectivity index is 1.97. The molecule has 0 saturated heterocycles. The van der Waals surface area contributed by atoms with Gasteiger partial charge in [-0.1, -0.05) is 13.3 Å². The Labute approximate surface area is 100 Å². The molecule has 0 bridgehead atoms. The predicted molar refractivity (Wildman–Crippen MR) is 67.1 cm³/mol. The van der Waals surface area contributed by atoms with Gasteiger partial charge in [0.05, 0.1) is 11.0 Å². The van der Waals surface area contributed by atoms with Gasteiger partial charge in [0.1, 0.15) is 5.82 Å². The van der Waals surface area contributed by atoms with Crippen molar-refractivity contribution in [2.45, 2.75) is 32.6 Å². The highest BCUT2D eigenvalue weighted by Crippen LogP contribution is 2.30. The van der Waals surface area contributed by atoms with E-state index in [1.165, 1.54) is 6.42 Å². The summed E-state index contributed by atoms with van der Waals surface area (Å²) in [5.74, 6) is 1.54. The van der Waals surface area contributed by atoms with E-state index in [0.717, 1.165) is 41.7 Å². The zero-order valence-electron chi connectivity index (χ0n) is 9.99. The van der Waals surface area contributed by atoms with E-state index in [2.05, 4.69) is 16.9 Å². The minimum Gasteiger partial charge on any atom is -0.342 e. The van der Waals surface area contributed by atoms with Gasteiger partial charge in [-0.25, -0.2) is 4.98 Å². The van der Waals surface area contributed by atoms with Crippen LogP contribution in [0.5, 0.6) is 0 Å². The second kappa shape index (κ2) is 3.99. The van der Waals surface area contributed by atoms with Crippen molar-refractivity contribution in [2.75, 3.05) is 0 Å². The van der Waals surface area contributed by atoms with Crippen LogP contribution in [0.2, 0.25) is 0 Å². The molecular formula is C14H16N2O. The smallest absolute Gasteiger partial charge is 0.166 e. The molecule has 1 N–H and O–H groups in total. The molecule has 3 heteroatoms. The van der Waals surface area contributed by atoms with Gasteiger partial charge in [0.2, 0.25) is 0 Å². The zero-order chi connectivity index (χ0) is 11.8. The molecule has 0 atom stereocenters. The van der Waals surface area contributed by atoms with Crippen LogP contribution in [0.4, 0.5) is 0 Å². The van der Waals surface area contributed by atoms with Crippen molar-refractivity contribution in [1.82, 2.24) is 9.97 Å². The van der Waals surface area contributed by atoms with Gasteiger partial charge < -0.3 is 4.98 Å². The Morgan fingerprint density at radius 2 is 2.29 bits per heavy atom. The van der Waals surface area contributed by atoms with E-state index in [4.69, 9.17) is 0 Å². The molecule has 0 amide bonds. The number of imidazole rings is 1. The number of H-pyrrole nitrogens is 1. The van der Waals surface area contributed by atoms with Crippen LogP contribution in [0, 0.1) is 5.92 Å². The van der Waals surface area contributed by atoms with Gasteiger partial charge in [-0.2, -0.15) is 0 Å². The van der Waals surface area contributed by atoms with E-state index in [-0.39, 0.29) is 5.92 Å². The van der Waals surface area contributed by atoms with Crippen molar-refractivity contribution in [3.05, 3.63) is 29.6 Å². The zero-order valence-corrected chi connectivity index (χ0v) is 9.99. The summed E-state index contributed by atoms with van der Waals surface area (Å²) in [6.45, 7) is 2.07. The number of nitrogens with zero attached hydrogens (tertiary/aromatic N) is 1. The van der Waals surface area contributed by atoms with Crippen molar-refractivity contribution in [3.63, 3.8) is 0 Å². The SMILES string of the molecule is CCc1nc2ccc(C(=O)C3CCC3)cc2[nH]1. The standard InChI is InChI=1S/C14H16N2O/c1-2-13-15-11-7-6-10(8-12(11)16-13)14(17)9-4-3-5-9/h6-9H,2-5H2,1H3,(H,15,16). The Morgan fingerprint density at radius 3 is 2.94 bits per heavy atom. The van der Waals surface area contributed by atoms with Crippen molar-refractivity contribution in [2.24, 2.45) is 5.92 Å². The van der Waals surface area contributed by atoms with Gasteiger partial charge in [0.15, 0.2) is 5.78 Å². The van der Waals surface area contributed by atoms with Gasteiger partial charge in [-0.3, -0.25) is 4.79 Å². The summed E-state index contributed by atoms with van der Waals surface area (Å²) in [5, 5.41) is 0. The first kappa shape index (κ1) is 10.5. The van der Waals surface area contributed by atoms with E-state index >= 15 is 0 Å². The number of Topliss-reactive ketones (excluding diaryl/α,β-unsaturated/α-hetero) is 1. The van der Waals surface area contributed by atoms with Gasteiger partial charge in [-0.05, 0) is 31.0 Å². The highest BCUT2D eigenvalue weighted by atomic mass is 16.1. The Kier molecular flexibility index (Phi) is 2.46. The average Bonchev–Trinajstić information content (AvgIpc) is 2.68. The lowest BCUT2D eigenvalue weighted by atomic mass is 9.80. The van der Waals surface area contributed by atoms with Crippen LogP contribution in [-0.2, 0) is 6.42 Å². The summed E-state index contributed by atoms with van der Waals surface area (Å²) in [7, 11) is 0. The minimum absolute atomic E-state index is 0.265. The number of benzene rings is 1. The number of aryl methyl sites for hydroxylation is 1. The second-order valence-electron chi connectivity index (χ2n) is 4.76. The third kappa shape index (κ3) is 1.75. The number of fused-ring (bicyclic) bond motifs is 1. The van der Waals surface area contributed by atoms with E-state index in [1.54, 1.807) is 0 Å².